The van der Waals surface area contributed by atoms with Crippen molar-refractivity contribution in [3.05, 3.63) is 58.3 Å². The van der Waals surface area contributed by atoms with Crippen LogP contribution in [0.25, 0.3) is 0 Å². The van der Waals surface area contributed by atoms with E-state index in [9.17, 15) is 4.79 Å². The molecule has 104 valence electrons. The number of pyridine rings is 1. The lowest BCUT2D eigenvalue weighted by atomic mass is 10.2. The van der Waals surface area contributed by atoms with Gasteiger partial charge in [-0.05, 0) is 30.7 Å². The minimum absolute atomic E-state index is 0.0237. The molecule has 3 nitrogen and oxygen atoms in total. The first-order valence-corrected chi connectivity index (χ1v) is 7.42. The van der Waals surface area contributed by atoms with Crippen molar-refractivity contribution in [2.45, 2.75) is 26.8 Å². The number of carbonyl (C=O) groups excluding carboxylic acids is 1. The molecule has 0 bridgehead atoms. The third-order valence-electron chi connectivity index (χ3n) is 3.14. The van der Waals surface area contributed by atoms with Gasteiger partial charge >= 0.3 is 0 Å². The van der Waals surface area contributed by atoms with Gasteiger partial charge in [-0.3, -0.25) is 4.79 Å². The predicted octanol–water partition coefficient (Wildman–Crippen LogP) is 3.25. The zero-order chi connectivity index (χ0) is 14.5. The number of anilines is 1. The maximum Gasteiger partial charge on any atom is 0.290 e. The van der Waals surface area contributed by atoms with Gasteiger partial charge in [-0.25, -0.2) is 0 Å². The molecule has 0 unspecified atom stereocenters. The summed E-state index contributed by atoms with van der Waals surface area (Å²) in [5.74, 6) is -0.0237. The van der Waals surface area contributed by atoms with Crippen molar-refractivity contribution in [1.29, 1.82) is 0 Å². The molecule has 2 aromatic rings. The van der Waals surface area contributed by atoms with Gasteiger partial charge in [-0.2, -0.15) is 4.57 Å². The van der Waals surface area contributed by atoms with Crippen LogP contribution >= 0.6 is 15.9 Å². The third kappa shape index (κ3) is 3.90. The summed E-state index contributed by atoms with van der Waals surface area (Å²) < 4.78 is 2.93. The Morgan fingerprint density at radius 2 is 2.10 bits per heavy atom. The van der Waals surface area contributed by atoms with Crippen molar-refractivity contribution in [3.63, 3.8) is 0 Å². The summed E-state index contributed by atoms with van der Waals surface area (Å²) in [6.45, 7) is 4.44. The minimum Gasteiger partial charge on any atom is -0.321 e. The molecule has 0 aliphatic heterocycles. The van der Waals surface area contributed by atoms with Crippen LogP contribution in [0.4, 0.5) is 5.69 Å². The number of aryl methyl sites for hydroxylation is 2. The van der Waals surface area contributed by atoms with E-state index in [4.69, 9.17) is 0 Å². The van der Waals surface area contributed by atoms with Crippen molar-refractivity contribution in [3.8, 4) is 0 Å². The molecule has 1 N–H and O–H groups in total. The molecule has 0 fully saturated rings. The van der Waals surface area contributed by atoms with Gasteiger partial charge in [0, 0.05) is 28.7 Å². The number of amides is 1. The molecular weight excluding hydrogens is 316 g/mol. The lowest BCUT2D eigenvalue weighted by Gasteiger charge is -2.05. The highest BCUT2D eigenvalue weighted by atomic mass is 79.9. The molecule has 0 radical (unpaired) electrons. The van der Waals surface area contributed by atoms with Crippen LogP contribution < -0.4 is 9.88 Å². The first kappa shape index (κ1) is 14.7. The largest absolute Gasteiger partial charge is 0.321 e. The van der Waals surface area contributed by atoms with Crippen LogP contribution in [-0.2, 0) is 17.8 Å². The van der Waals surface area contributed by atoms with E-state index >= 15 is 0 Å². The second-order valence-electron chi connectivity index (χ2n) is 4.72. The smallest absolute Gasteiger partial charge is 0.290 e. The number of nitrogens with zero attached hydrogens (tertiary/aromatic N) is 1. The van der Waals surface area contributed by atoms with Gasteiger partial charge in [0.05, 0.1) is 0 Å². The lowest BCUT2D eigenvalue weighted by molar-refractivity contribution is -0.690. The fourth-order valence-corrected chi connectivity index (χ4v) is 2.37. The Morgan fingerprint density at radius 1 is 1.30 bits per heavy atom. The highest BCUT2D eigenvalue weighted by molar-refractivity contribution is 9.10. The van der Waals surface area contributed by atoms with E-state index in [0.29, 0.717) is 6.54 Å². The first-order valence-electron chi connectivity index (χ1n) is 6.63. The van der Waals surface area contributed by atoms with E-state index in [-0.39, 0.29) is 5.91 Å². The van der Waals surface area contributed by atoms with Crippen molar-refractivity contribution < 1.29 is 9.36 Å². The molecule has 1 amide bonds. The van der Waals surface area contributed by atoms with Gasteiger partial charge in [0.15, 0.2) is 11.9 Å². The zero-order valence-corrected chi connectivity index (χ0v) is 13.3. The maximum absolute atomic E-state index is 12.1. The topological polar surface area (TPSA) is 33.0 Å². The maximum atomic E-state index is 12.1. The Kier molecular flexibility index (Phi) is 4.90. The van der Waals surface area contributed by atoms with E-state index < -0.39 is 0 Å². The van der Waals surface area contributed by atoms with Crippen molar-refractivity contribution >= 4 is 27.5 Å². The molecule has 0 saturated carbocycles. The zero-order valence-electron chi connectivity index (χ0n) is 11.7. The summed E-state index contributed by atoms with van der Waals surface area (Å²) in [6, 6.07) is 11.7. The minimum atomic E-state index is -0.0237. The summed E-state index contributed by atoms with van der Waals surface area (Å²) in [7, 11) is 0. The third-order valence-corrected chi connectivity index (χ3v) is 3.64. The summed E-state index contributed by atoms with van der Waals surface area (Å²) in [6.07, 6.45) is 3.00. The number of benzene rings is 1. The monoisotopic (exact) mass is 333 g/mol. The fraction of sp³-hybridized carbons (Fsp3) is 0.250. The SMILES string of the molecule is CCc1ccc(C)[n+](CC(=O)Nc2cccc(Br)c2)c1. The number of hydrogen-bond donors (Lipinski definition) is 1. The second-order valence-corrected chi connectivity index (χ2v) is 5.63. The molecule has 1 aromatic heterocycles. The van der Waals surface area contributed by atoms with Crippen LogP contribution in [-0.4, -0.2) is 5.91 Å². The average Bonchev–Trinajstić information content (AvgIpc) is 2.41. The van der Waals surface area contributed by atoms with Crippen LogP contribution in [0.2, 0.25) is 0 Å². The Hall–Kier alpha value is -1.68. The number of rotatable bonds is 4. The molecule has 4 heteroatoms. The lowest BCUT2D eigenvalue weighted by Crippen LogP contribution is -2.43. The fourth-order valence-electron chi connectivity index (χ4n) is 1.97. The van der Waals surface area contributed by atoms with Crippen LogP contribution in [0.5, 0.6) is 0 Å². The van der Waals surface area contributed by atoms with Gasteiger partial charge in [0.25, 0.3) is 5.91 Å². The highest BCUT2D eigenvalue weighted by Gasteiger charge is 2.13. The molecule has 1 heterocycles. The van der Waals surface area contributed by atoms with Crippen LogP contribution in [0, 0.1) is 6.92 Å². The van der Waals surface area contributed by atoms with E-state index in [0.717, 1.165) is 22.3 Å². The molecule has 1 aromatic carbocycles. The van der Waals surface area contributed by atoms with Crippen LogP contribution in [0.1, 0.15) is 18.2 Å². The average molecular weight is 334 g/mol. The van der Waals surface area contributed by atoms with E-state index in [1.807, 2.05) is 48.0 Å². The van der Waals surface area contributed by atoms with Gasteiger partial charge < -0.3 is 5.32 Å². The predicted molar refractivity (Wildman–Crippen MR) is 83.5 cm³/mol. The summed E-state index contributed by atoms with van der Waals surface area (Å²) in [4.78, 5) is 12.1. The number of halogens is 1. The molecule has 0 spiro atoms. The number of aromatic nitrogens is 1. The second kappa shape index (κ2) is 6.66. The molecule has 0 atom stereocenters. The number of hydrogen-bond acceptors (Lipinski definition) is 1. The molecule has 2 rings (SSSR count). The van der Waals surface area contributed by atoms with Crippen LogP contribution in [0.15, 0.2) is 47.1 Å². The molecule has 0 aliphatic rings. The van der Waals surface area contributed by atoms with Crippen molar-refractivity contribution in [2.24, 2.45) is 0 Å². The van der Waals surface area contributed by atoms with Gasteiger partial charge in [-0.15, -0.1) is 0 Å². The number of nitrogens with one attached hydrogen (secondary N) is 1. The highest BCUT2D eigenvalue weighted by Crippen LogP contribution is 2.15. The Bertz CT molecular complexity index is 626. The number of carbonyl (C=O) groups is 1. The normalized spacial score (nSPS) is 10.3. The molecular formula is C16H18BrN2O+. The van der Waals surface area contributed by atoms with Crippen LogP contribution in [0.3, 0.4) is 0 Å². The molecule has 0 saturated heterocycles. The Labute approximate surface area is 127 Å². The molecule has 0 aliphatic carbocycles. The summed E-state index contributed by atoms with van der Waals surface area (Å²) in [5.41, 5.74) is 3.10. The van der Waals surface area contributed by atoms with Gasteiger partial charge in [-0.1, -0.05) is 28.9 Å². The Morgan fingerprint density at radius 3 is 2.80 bits per heavy atom. The summed E-state index contributed by atoms with van der Waals surface area (Å²) >= 11 is 3.39. The van der Waals surface area contributed by atoms with E-state index in [1.165, 1.54) is 5.56 Å². The quantitative estimate of drug-likeness (QED) is 0.856. The summed E-state index contributed by atoms with van der Waals surface area (Å²) in [5, 5.41) is 2.91. The standard InChI is InChI=1S/C16H17BrN2O/c1-3-13-8-7-12(2)19(10-13)11-16(20)18-15-6-4-5-14(17)9-15/h4-10H,3,11H2,1-2H3/p+1. The van der Waals surface area contributed by atoms with E-state index in [1.54, 1.807) is 0 Å². The van der Waals surface area contributed by atoms with Gasteiger partial charge in [0.2, 0.25) is 6.54 Å². The van der Waals surface area contributed by atoms with E-state index in [2.05, 4.69) is 34.2 Å². The van der Waals surface area contributed by atoms with Crippen molar-refractivity contribution in [1.82, 2.24) is 0 Å². The van der Waals surface area contributed by atoms with Gasteiger partial charge in [0.1, 0.15) is 0 Å². The molecule has 20 heavy (non-hydrogen) atoms. The van der Waals surface area contributed by atoms with Crippen molar-refractivity contribution in [2.75, 3.05) is 5.32 Å². The first-order chi connectivity index (χ1) is 9.58. The Balaban J connectivity index is 2.08.